The minimum atomic E-state index is -3.58. The first-order valence-electron chi connectivity index (χ1n) is 6.65. The van der Waals surface area contributed by atoms with Gasteiger partial charge in [-0.3, -0.25) is 0 Å². The van der Waals surface area contributed by atoms with E-state index in [-0.39, 0.29) is 6.61 Å². The van der Waals surface area contributed by atoms with Crippen molar-refractivity contribution >= 4 is 52.8 Å². The van der Waals surface area contributed by atoms with E-state index in [0.29, 0.717) is 21.1 Å². The minimum absolute atomic E-state index is 0.00177. The molecule has 4 rings (SSSR count). The summed E-state index contributed by atoms with van der Waals surface area (Å²) in [7, 11) is 0. The summed E-state index contributed by atoms with van der Waals surface area (Å²) in [6.07, 6.45) is -1.75. The first-order chi connectivity index (χ1) is 10.9. The third kappa shape index (κ3) is 2.72. The summed E-state index contributed by atoms with van der Waals surface area (Å²) in [6, 6.07) is 3.26. The zero-order chi connectivity index (χ0) is 16.4. The Morgan fingerprint density at radius 2 is 2.13 bits per heavy atom. The lowest BCUT2D eigenvalue weighted by Crippen LogP contribution is -2.40. The standard InChI is InChI=1S/C12H11Cl2N2O5PS/c13-5-1-7-8(2-6(5)14)16(4-15-7)12-10(17)11-9(20-12)3-19-22(18,23)21-11/h1-2,4,9-12,17H,3H2,(H,18,23)/p-1/t9-,10-,11-,12-,22?/m1/s1. The van der Waals surface area contributed by atoms with Crippen molar-refractivity contribution in [3.8, 4) is 0 Å². The van der Waals surface area contributed by atoms with E-state index in [9.17, 15) is 10.00 Å². The second kappa shape index (κ2) is 5.62. The Balaban J connectivity index is 1.72. The summed E-state index contributed by atoms with van der Waals surface area (Å²) in [5.41, 5.74) is 1.25. The van der Waals surface area contributed by atoms with Crippen LogP contribution in [0.25, 0.3) is 11.0 Å². The van der Waals surface area contributed by atoms with Crippen LogP contribution in [0, 0.1) is 0 Å². The molecule has 7 nitrogen and oxygen atoms in total. The average molecular weight is 396 g/mol. The summed E-state index contributed by atoms with van der Waals surface area (Å²) in [5, 5.41) is 11.2. The molecule has 1 unspecified atom stereocenters. The summed E-state index contributed by atoms with van der Waals surface area (Å²) >= 11 is 16.7. The molecule has 0 saturated carbocycles. The van der Waals surface area contributed by atoms with Crippen molar-refractivity contribution in [1.29, 1.82) is 0 Å². The molecule has 124 valence electrons. The number of ether oxygens (including phenoxy) is 1. The first-order valence-corrected chi connectivity index (χ1v) is 9.96. The fourth-order valence-corrected chi connectivity index (χ4v) is 4.53. The average Bonchev–Trinajstić information content (AvgIpc) is 3.01. The van der Waals surface area contributed by atoms with Crippen molar-refractivity contribution in [2.75, 3.05) is 6.61 Å². The number of imidazole rings is 1. The maximum Gasteiger partial charge on any atom is 0.164 e. The Kier molecular flexibility index (Phi) is 3.96. The van der Waals surface area contributed by atoms with Gasteiger partial charge in [0.2, 0.25) is 0 Å². The van der Waals surface area contributed by atoms with Crippen LogP contribution in [0.5, 0.6) is 0 Å². The second-order valence-electron chi connectivity index (χ2n) is 5.28. The highest BCUT2D eigenvalue weighted by Gasteiger charge is 2.49. The predicted octanol–water partition coefficient (Wildman–Crippen LogP) is 1.60. The zero-order valence-electron chi connectivity index (χ0n) is 11.3. The van der Waals surface area contributed by atoms with Crippen molar-refractivity contribution in [2.45, 2.75) is 24.5 Å². The summed E-state index contributed by atoms with van der Waals surface area (Å²) < 4.78 is 17.5. The van der Waals surface area contributed by atoms with Crippen LogP contribution in [0.3, 0.4) is 0 Å². The lowest BCUT2D eigenvalue weighted by molar-refractivity contribution is -0.227. The topological polar surface area (TPSA) is 88.8 Å². The van der Waals surface area contributed by atoms with Crippen LogP contribution in [-0.4, -0.2) is 39.6 Å². The van der Waals surface area contributed by atoms with Crippen molar-refractivity contribution in [2.24, 2.45) is 0 Å². The second-order valence-corrected chi connectivity index (χ2v) is 8.80. The highest BCUT2D eigenvalue weighted by molar-refractivity contribution is 8.06. The fraction of sp³-hybridized carbons (Fsp3) is 0.417. The maximum atomic E-state index is 11.8. The van der Waals surface area contributed by atoms with Gasteiger partial charge in [0.25, 0.3) is 0 Å². The molecule has 0 amide bonds. The van der Waals surface area contributed by atoms with E-state index < -0.39 is 31.3 Å². The van der Waals surface area contributed by atoms with Gasteiger partial charge < -0.3 is 28.4 Å². The van der Waals surface area contributed by atoms with Gasteiger partial charge in [-0.05, 0) is 12.1 Å². The van der Waals surface area contributed by atoms with Gasteiger partial charge >= 0.3 is 0 Å². The molecule has 1 N–H and O–H groups in total. The molecule has 11 heteroatoms. The molecule has 2 saturated heterocycles. The van der Waals surface area contributed by atoms with Gasteiger partial charge in [-0.15, -0.1) is 0 Å². The molecule has 1 aromatic carbocycles. The molecular formula is C12H10Cl2N2O5PS-. The number of benzene rings is 1. The highest BCUT2D eigenvalue weighted by atomic mass is 35.5. The number of halogens is 2. The number of fused-ring (bicyclic) bond motifs is 2. The molecule has 3 heterocycles. The fourth-order valence-electron chi connectivity index (χ4n) is 2.78. The van der Waals surface area contributed by atoms with E-state index in [4.69, 9.17) is 48.8 Å². The summed E-state index contributed by atoms with van der Waals surface area (Å²) in [5.74, 6) is 0. The molecule has 0 radical (unpaired) electrons. The molecule has 1 aromatic heterocycles. The number of rotatable bonds is 1. The summed E-state index contributed by atoms with van der Waals surface area (Å²) in [4.78, 5) is 16.0. The SMILES string of the molecule is [O-]P1(=S)OC[C@H]2O[C@@H](n3cnc4cc(Cl)c(Cl)cc43)[C@H](O)[C@@H]2O1. The van der Waals surface area contributed by atoms with Crippen LogP contribution >= 0.6 is 29.9 Å². The number of hydrogen-bond donors (Lipinski definition) is 1. The van der Waals surface area contributed by atoms with Crippen LogP contribution in [-0.2, 0) is 25.6 Å². The third-order valence-corrected chi connectivity index (χ3v) is 6.11. The van der Waals surface area contributed by atoms with Crippen LogP contribution in [0.15, 0.2) is 18.5 Å². The van der Waals surface area contributed by atoms with Crippen LogP contribution in [0.4, 0.5) is 0 Å². The van der Waals surface area contributed by atoms with Gasteiger partial charge in [0.1, 0.15) is 25.0 Å². The number of hydrogen-bond acceptors (Lipinski definition) is 7. The van der Waals surface area contributed by atoms with E-state index in [1.807, 2.05) is 0 Å². The Morgan fingerprint density at radius 3 is 2.91 bits per heavy atom. The molecule has 2 aliphatic heterocycles. The molecule has 5 atom stereocenters. The van der Waals surface area contributed by atoms with E-state index >= 15 is 0 Å². The molecule has 0 spiro atoms. The number of aliphatic hydroxyl groups excluding tert-OH is 1. The Labute approximate surface area is 145 Å². The van der Waals surface area contributed by atoms with Crippen LogP contribution in [0.2, 0.25) is 10.0 Å². The van der Waals surface area contributed by atoms with Gasteiger partial charge in [0.05, 0.1) is 34.0 Å². The Morgan fingerprint density at radius 1 is 1.39 bits per heavy atom. The maximum absolute atomic E-state index is 11.8. The quantitative estimate of drug-likeness (QED) is 0.733. The largest absolute Gasteiger partial charge is 0.780 e. The molecule has 23 heavy (non-hydrogen) atoms. The van der Waals surface area contributed by atoms with Gasteiger partial charge in [-0.25, -0.2) is 4.98 Å². The van der Waals surface area contributed by atoms with Gasteiger partial charge in [-0.1, -0.05) is 35.0 Å². The van der Waals surface area contributed by atoms with E-state index in [1.165, 1.54) is 6.33 Å². The number of aliphatic hydroxyl groups is 1. The normalized spacial score (nSPS) is 37.2. The van der Waals surface area contributed by atoms with Crippen molar-refractivity contribution < 1.29 is 23.8 Å². The van der Waals surface area contributed by atoms with Crippen LogP contribution < -0.4 is 4.89 Å². The lowest BCUT2D eigenvalue weighted by Gasteiger charge is -2.38. The van der Waals surface area contributed by atoms with Crippen molar-refractivity contribution in [1.82, 2.24) is 9.55 Å². The molecule has 0 aliphatic carbocycles. The predicted molar refractivity (Wildman–Crippen MR) is 84.8 cm³/mol. The number of nitrogens with zero attached hydrogens (tertiary/aromatic N) is 2. The molecule has 0 bridgehead atoms. The third-order valence-electron chi connectivity index (χ3n) is 3.85. The van der Waals surface area contributed by atoms with Gasteiger partial charge in [0, 0.05) is 0 Å². The molecule has 2 aromatic rings. The smallest absolute Gasteiger partial charge is 0.164 e. The first kappa shape index (κ1) is 16.2. The Hall–Kier alpha value is -0.280. The summed E-state index contributed by atoms with van der Waals surface area (Å²) in [6.45, 7) is -3.58. The van der Waals surface area contributed by atoms with E-state index in [0.717, 1.165) is 0 Å². The van der Waals surface area contributed by atoms with Gasteiger partial charge in [-0.2, -0.15) is 0 Å². The van der Waals surface area contributed by atoms with E-state index in [2.05, 4.69) is 4.98 Å². The molecular weight excluding hydrogens is 386 g/mol. The lowest BCUT2D eigenvalue weighted by atomic mass is 10.1. The monoisotopic (exact) mass is 395 g/mol. The van der Waals surface area contributed by atoms with Crippen LogP contribution in [0.1, 0.15) is 6.23 Å². The van der Waals surface area contributed by atoms with E-state index in [1.54, 1.807) is 16.7 Å². The zero-order valence-corrected chi connectivity index (χ0v) is 14.6. The molecule has 2 aliphatic rings. The van der Waals surface area contributed by atoms with Crippen molar-refractivity contribution in [3.63, 3.8) is 0 Å². The highest BCUT2D eigenvalue weighted by Crippen LogP contribution is 2.50. The number of aromatic nitrogens is 2. The Bertz CT molecular complexity index is 833. The van der Waals surface area contributed by atoms with Crippen molar-refractivity contribution in [3.05, 3.63) is 28.5 Å². The minimum Gasteiger partial charge on any atom is -0.780 e. The molecule has 2 fully saturated rings. The van der Waals surface area contributed by atoms with Gasteiger partial charge in [0.15, 0.2) is 6.23 Å².